The fraction of sp³-hybridized carbons (Fsp3) is 0.524. The van der Waals surface area contributed by atoms with Gasteiger partial charge in [-0.1, -0.05) is 43.5 Å². The summed E-state index contributed by atoms with van der Waals surface area (Å²) in [4.78, 5) is 19.8. The highest BCUT2D eigenvalue weighted by atomic mass is 16.5. The Labute approximate surface area is 154 Å². The average molecular weight is 353 g/mol. The minimum Gasteiger partial charge on any atom is -0.379 e. The monoisotopic (exact) mass is 353 g/mol. The van der Waals surface area contributed by atoms with Gasteiger partial charge in [-0.05, 0) is 25.0 Å². The molecule has 2 fully saturated rings. The second-order valence-electron chi connectivity index (χ2n) is 7.46. The number of aromatic nitrogens is 1. The molecule has 0 bridgehead atoms. The van der Waals surface area contributed by atoms with E-state index in [1.807, 2.05) is 36.4 Å². The van der Waals surface area contributed by atoms with Crippen molar-refractivity contribution in [2.45, 2.75) is 37.6 Å². The first-order valence-corrected chi connectivity index (χ1v) is 9.74. The molecule has 1 aromatic carbocycles. The molecule has 138 valence electrons. The Morgan fingerprint density at radius 3 is 2.65 bits per heavy atom. The van der Waals surface area contributed by atoms with Crippen LogP contribution in [-0.2, 0) is 4.74 Å². The Bertz CT molecular complexity index is 765. The van der Waals surface area contributed by atoms with Crippen molar-refractivity contribution in [3.8, 4) is 0 Å². The van der Waals surface area contributed by atoms with Gasteiger partial charge in [-0.25, -0.2) is 4.98 Å². The summed E-state index contributed by atoms with van der Waals surface area (Å²) >= 11 is 0. The van der Waals surface area contributed by atoms with Crippen molar-refractivity contribution in [2.75, 3.05) is 32.8 Å². The van der Waals surface area contributed by atoms with Crippen LogP contribution in [-0.4, -0.2) is 54.2 Å². The van der Waals surface area contributed by atoms with Gasteiger partial charge in [0.1, 0.15) is 5.69 Å². The highest BCUT2D eigenvalue weighted by Crippen LogP contribution is 2.34. The number of carbonyl (C=O) groups excluding carboxylic acids is 1. The van der Waals surface area contributed by atoms with Gasteiger partial charge in [0.25, 0.3) is 5.91 Å². The Balaban J connectivity index is 1.48. The molecule has 5 nitrogen and oxygen atoms in total. The summed E-state index contributed by atoms with van der Waals surface area (Å²) in [5.74, 6) is -0.0750. The summed E-state index contributed by atoms with van der Waals surface area (Å²) in [5, 5.41) is 4.24. The van der Waals surface area contributed by atoms with Gasteiger partial charge in [-0.15, -0.1) is 0 Å². The molecule has 0 radical (unpaired) electrons. The maximum Gasteiger partial charge on any atom is 0.269 e. The summed E-state index contributed by atoms with van der Waals surface area (Å²) in [7, 11) is 0. The van der Waals surface area contributed by atoms with Crippen molar-refractivity contribution in [2.24, 2.45) is 0 Å². The standard InChI is InChI=1S/C21H27N3O2/c25-20(19-9-8-17-6-2-3-7-18(17)23-19)22-16-21(10-4-1-5-11-21)24-12-14-26-15-13-24/h2-3,6-9H,1,4-5,10-16H2,(H,22,25). The fourth-order valence-electron chi connectivity index (χ4n) is 4.38. The SMILES string of the molecule is O=C(NCC1(N2CCOCC2)CCCCC1)c1ccc2ccccc2n1. The van der Waals surface area contributed by atoms with Crippen LogP contribution in [0.4, 0.5) is 0 Å². The first kappa shape index (κ1) is 17.4. The molecular weight excluding hydrogens is 326 g/mol. The molecule has 0 spiro atoms. The predicted molar refractivity (Wildman–Crippen MR) is 102 cm³/mol. The number of para-hydroxylation sites is 1. The molecule has 1 amide bonds. The summed E-state index contributed by atoms with van der Waals surface area (Å²) in [5.41, 5.74) is 1.44. The number of ether oxygens (including phenoxy) is 1. The van der Waals surface area contributed by atoms with E-state index in [0.29, 0.717) is 12.2 Å². The van der Waals surface area contributed by atoms with E-state index in [-0.39, 0.29) is 11.4 Å². The number of benzene rings is 1. The molecule has 1 N–H and O–H groups in total. The lowest BCUT2D eigenvalue weighted by atomic mass is 9.79. The van der Waals surface area contributed by atoms with Crippen molar-refractivity contribution in [1.82, 2.24) is 15.2 Å². The summed E-state index contributed by atoms with van der Waals surface area (Å²) < 4.78 is 5.53. The van der Waals surface area contributed by atoms with Crippen LogP contribution in [0.3, 0.4) is 0 Å². The Kier molecular flexibility index (Phi) is 5.18. The minimum absolute atomic E-state index is 0.0750. The molecule has 2 aromatic rings. The van der Waals surface area contributed by atoms with Crippen molar-refractivity contribution in [3.05, 3.63) is 42.1 Å². The molecule has 0 atom stereocenters. The van der Waals surface area contributed by atoms with Crippen molar-refractivity contribution in [1.29, 1.82) is 0 Å². The lowest BCUT2D eigenvalue weighted by Crippen LogP contribution is -2.59. The van der Waals surface area contributed by atoms with Gasteiger partial charge < -0.3 is 10.1 Å². The second kappa shape index (κ2) is 7.72. The normalized spacial score (nSPS) is 20.8. The molecule has 5 heteroatoms. The zero-order chi connectivity index (χ0) is 17.8. The molecule has 2 aliphatic rings. The first-order valence-electron chi connectivity index (χ1n) is 9.74. The van der Waals surface area contributed by atoms with E-state index in [1.54, 1.807) is 0 Å². The van der Waals surface area contributed by atoms with Gasteiger partial charge in [-0.2, -0.15) is 0 Å². The van der Waals surface area contributed by atoms with Gasteiger partial charge in [0.15, 0.2) is 0 Å². The number of nitrogens with zero attached hydrogens (tertiary/aromatic N) is 2. The quantitative estimate of drug-likeness (QED) is 0.918. The lowest BCUT2D eigenvalue weighted by Gasteiger charge is -2.48. The highest BCUT2D eigenvalue weighted by molar-refractivity contribution is 5.94. The van der Waals surface area contributed by atoms with Crippen molar-refractivity contribution in [3.63, 3.8) is 0 Å². The Morgan fingerprint density at radius 2 is 1.85 bits per heavy atom. The second-order valence-corrected chi connectivity index (χ2v) is 7.46. The number of rotatable bonds is 4. The number of carbonyl (C=O) groups is 1. The third-order valence-electron chi connectivity index (χ3n) is 5.88. The molecule has 4 rings (SSSR count). The summed E-state index contributed by atoms with van der Waals surface area (Å²) in [6.07, 6.45) is 6.08. The summed E-state index contributed by atoms with van der Waals surface area (Å²) in [6.45, 7) is 4.21. The Morgan fingerprint density at radius 1 is 1.08 bits per heavy atom. The number of pyridine rings is 1. The first-order chi connectivity index (χ1) is 12.8. The Hall–Kier alpha value is -1.98. The number of fused-ring (bicyclic) bond motifs is 1. The number of hydrogen-bond donors (Lipinski definition) is 1. The zero-order valence-electron chi connectivity index (χ0n) is 15.2. The molecule has 1 saturated carbocycles. The van der Waals surface area contributed by atoms with Gasteiger partial charge in [0, 0.05) is 30.6 Å². The van der Waals surface area contributed by atoms with E-state index in [9.17, 15) is 4.79 Å². The third kappa shape index (κ3) is 3.60. The maximum absolute atomic E-state index is 12.7. The summed E-state index contributed by atoms with van der Waals surface area (Å²) in [6, 6.07) is 11.7. The van der Waals surface area contributed by atoms with E-state index in [2.05, 4.69) is 15.2 Å². The van der Waals surface area contributed by atoms with Gasteiger partial charge in [0.05, 0.1) is 18.7 Å². The van der Waals surface area contributed by atoms with Crippen LogP contribution in [0, 0.1) is 0 Å². The number of amides is 1. The topological polar surface area (TPSA) is 54.5 Å². The van der Waals surface area contributed by atoms with Crippen LogP contribution in [0.5, 0.6) is 0 Å². The van der Waals surface area contributed by atoms with Gasteiger partial charge >= 0.3 is 0 Å². The lowest BCUT2D eigenvalue weighted by molar-refractivity contribution is -0.0361. The molecule has 1 aliphatic carbocycles. The van der Waals surface area contributed by atoms with E-state index < -0.39 is 0 Å². The van der Waals surface area contributed by atoms with E-state index in [1.165, 1.54) is 19.3 Å². The largest absolute Gasteiger partial charge is 0.379 e. The van der Waals surface area contributed by atoms with Crippen molar-refractivity contribution >= 4 is 16.8 Å². The van der Waals surface area contributed by atoms with Crippen LogP contribution in [0.15, 0.2) is 36.4 Å². The van der Waals surface area contributed by atoms with E-state index in [4.69, 9.17) is 4.74 Å². The molecule has 1 saturated heterocycles. The smallest absolute Gasteiger partial charge is 0.269 e. The van der Waals surface area contributed by atoms with Gasteiger partial charge in [-0.3, -0.25) is 9.69 Å². The average Bonchev–Trinajstić information content (AvgIpc) is 2.73. The van der Waals surface area contributed by atoms with E-state index >= 15 is 0 Å². The van der Waals surface area contributed by atoms with Crippen LogP contribution >= 0.6 is 0 Å². The molecule has 1 aliphatic heterocycles. The predicted octanol–water partition coefficient (Wildman–Crippen LogP) is 3.00. The number of morpholine rings is 1. The highest BCUT2D eigenvalue weighted by Gasteiger charge is 2.38. The molecular formula is C21H27N3O2. The van der Waals surface area contributed by atoms with Crippen LogP contribution < -0.4 is 5.32 Å². The van der Waals surface area contributed by atoms with Crippen LogP contribution in [0.25, 0.3) is 10.9 Å². The van der Waals surface area contributed by atoms with Crippen molar-refractivity contribution < 1.29 is 9.53 Å². The molecule has 2 heterocycles. The van der Waals surface area contributed by atoms with Crippen LogP contribution in [0.1, 0.15) is 42.6 Å². The van der Waals surface area contributed by atoms with Gasteiger partial charge in [0.2, 0.25) is 0 Å². The minimum atomic E-state index is -0.0750. The zero-order valence-corrected chi connectivity index (χ0v) is 15.2. The van der Waals surface area contributed by atoms with Crippen LogP contribution in [0.2, 0.25) is 0 Å². The molecule has 26 heavy (non-hydrogen) atoms. The number of hydrogen-bond acceptors (Lipinski definition) is 4. The molecule has 1 aromatic heterocycles. The molecule has 0 unspecified atom stereocenters. The maximum atomic E-state index is 12.7. The third-order valence-corrected chi connectivity index (χ3v) is 5.88. The fourth-order valence-corrected chi connectivity index (χ4v) is 4.38. The number of nitrogens with one attached hydrogen (secondary N) is 1. The van der Waals surface area contributed by atoms with E-state index in [0.717, 1.165) is 50.0 Å².